The van der Waals surface area contributed by atoms with Gasteiger partial charge in [0.15, 0.2) is 0 Å². The monoisotopic (exact) mass is 590 g/mol. The topological polar surface area (TPSA) is 135 Å². The number of nitrogens with zero attached hydrogens (tertiary/aromatic N) is 1. The fourth-order valence-corrected chi connectivity index (χ4v) is 5.49. The highest BCUT2D eigenvalue weighted by molar-refractivity contribution is 5.82. The zero-order valence-electron chi connectivity index (χ0n) is 25.3. The van der Waals surface area contributed by atoms with E-state index in [1.165, 1.54) is 13.2 Å². The molecule has 42 heavy (non-hydrogen) atoms. The number of esters is 2. The molecule has 2 aliphatic rings. The lowest BCUT2D eigenvalue weighted by atomic mass is 9.89. The Morgan fingerprint density at radius 1 is 1.10 bits per heavy atom. The van der Waals surface area contributed by atoms with Crippen LogP contribution in [0.4, 0.5) is 4.79 Å². The lowest BCUT2D eigenvalue weighted by Crippen LogP contribution is -2.41. The Balaban J connectivity index is 1.49. The van der Waals surface area contributed by atoms with Gasteiger partial charge in [0.1, 0.15) is 18.5 Å². The van der Waals surface area contributed by atoms with E-state index in [0.717, 1.165) is 31.4 Å². The summed E-state index contributed by atoms with van der Waals surface area (Å²) in [5.74, 6) is 0.0697. The zero-order chi connectivity index (χ0) is 30.3. The number of fused-ring (bicyclic) bond motifs is 2. The molecule has 0 aliphatic carbocycles. The summed E-state index contributed by atoms with van der Waals surface area (Å²) in [6.45, 7) is 4.56. The minimum atomic E-state index is -0.513. The average molecular weight is 591 g/mol. The third-order valence-electron chi connectivity index (χ3n) is 7.41. The van der Waals surface area contributed by atoms with E-state index in [4.69, 9.17) is 23.4 Å². The first-order valence-electron chi connectivity index (χ1n) is 15.0. The lowest BCUT2D eigenvalue weighted by molar-refractivity contribution is -0.168. The highest BCUT2D eigenvalue weighted by Gasteiger charge is 2.35. The molecule has 1 aromatic rings. The van der Waals surface area contributed by atoms with E-state index in [0.29, 0.717) is 50.5 Å². The first-order chi connectivity index (χ1) is 20.3. The molecule has 0 aromatic carbocycles. The predicted octanol–water partition coefficient (Wildman–Crippen LogP) is 4.93. The first-order valence-corrected chi connectivity index (χ1v) is 15.0. The van der Waals surface area contributed by atoms with Crippen molar-refractivity contribution in [2.24, 2.45) is 5.92 Å². The molecule has 3 heterocycles. The number of rotatable bonds is 11. The summed E-state index contributed by atoms with van der Waals surface area (Å²) in [6.07, 6.45) is 13.1. The number of amides is 1. The van der Waals surface area contributed by atoms with Crippen LogP contribution < -0.4 is 5.32 Å². The van der Waals surface area contributed by atoms with Gasteiger partial charge in [0.25, 0.3) is 0 Å². The second kappa shape index (κ2) is 17.7. The van der Waals surface area contributed by atoms with Gasteiger partial charge in [-0.1, -0.05) is 32.4 Å². The number of hydrogen-bond acceptors (Lipinski definition) is 10. The largest absolute Gasteiger partial charge is 0.462 e. The summed E-state index contributed by atoms with van der Waals surface area (Å²) in [5, 5.41) is 2.53. The standard InChI is InChI=1S/C31H46N2O9/c1-5-9-23-16-24(37-3)14-21(2)15-25-17-26(18-27(40-25)19-30(35)41-23)42-29(34)12-7-6-10-22-20-39-28(33-22)11-8-13-32-31(36)38-4/h7-8,11-12,20-21,23-27H,5-6,9-10,13-19H2,1-4H3,(H,32,36)/b11-8+,12-7+/t21-,23-,24-,25+,26+,27+/m0/s1. The Bertz CT molecular complexity index is 1050. The number of hydrogen-bond donors (Lipinski definition) is 1. The van der Waals surface area contributed by atoms with Gasteiger partial charge in [-0.15, -0.1) is 0 Å². The van der Waals surface area contributed by atoms with Gasteiger partial charge < -0.3 is 33.4 Å². The van der Waals surface area contributed by atoms with Crippen LogP contribution in [-0.2, 0) is 39.7 Å². The number of nitrogens with one attached hydrogen (secondary N) is 1. The highest BCUT2D eigenvalue weighted by atomic mass is 16.6. The van der Waals surface area contributed by atoms with Crippen LogP contribution in [0, 0.1) is 5.92 Å². The van der Waals surface area contributed by atoms with Crippen LogP contribution in [0.5, 0.6) is 0 Å². The summed E-state index contributed by atoms with van der Waals surface area (Å²) in [4.78, 5) is 40.8. The van der Waals surface area contributed by atoms with E-state index in [1.54, 1.807) is 31.6 Å². The Labute approximate surface area is 248 Å². The fourth-order valence-electron chi connectivity index (χ4n) is 5.49. The summed E-state index contributed by atoms with van der Waals surface area (Å²) >= 11 is 0. The van der Waals surface area contributed by atoms with Crippen molar-refractivity contribution >= 4 is 24.1 Å². The Morgan fingerprint density at radius 2 is 1.90 bits per heavy atom. The molecule has 0 unspecified atom stereocenters. The zero-order valence-corrected chi connectivity index (χ0v) is 25.3. The van der Waals surface area contributed by atoms with Crippen molar-refractivity contribution < 1.29 is 42.5 Å². The number of ether oxygens (including phenoxy) is 5. The molecule has 2 aliphatic heterocycles. The number of aryl methyl sites for hydroxylation is 1. The molecular formula is C31H46N2O9. The maximum Gasteiger partial charge on any atom is 0.407 e. The third-order valence-corrected chi connectivity index (χ3v) is 7.41. The maximum absolute atomic E-state index is 12.8. The number of aromatic nitrogens is 1. The normalized spacial score (nSPS) is 27.2. The average Bonchev–Trinajstić information content (AvgIpc) is 3.39. The van der Waals surface area contributed by atoms with E-state index in [2.05, 4.69) is 28.9 Å². The minimum absolute atomic E-state index is 0.0116. The van der Waals surface area contributed by atoms with Crippen molar-refractivity contribution in [2.75, 3.05) is 20.8 Å². The van der Waals surface area contributed by atoms with Gasteiger partial charge in [0.2, 0.25) is 5.89 Å². The predicted molar refractivity (Wildman–Crippen MR) is 154 cm³/mol. The van der Waals surface area contributed by atoms with Crippen molar-refractivity contribution in [1.82, 2.24) is 10.3 Å². The van der Waals surface area contributed by atoms with Crippen LogP contribution >= 0.6 is 0 Å². The molecule has 2 fully saturated rings. The number of carbonyl (C=O) groups is 3. The molecule has 0 radical (unpaired) electrons. The van der Waals surface area contributed by atoms with Gasteiger partial charge in [-0.2, -0.15) is 0 Å². The Hall–Kier alpha value is -3.18. The van der Waals surface area contributed by atoms with Gasteiger partial charge in [-0.3, -0.25) is 4.79 Å². The van der Waals surface area contributed by atoms with E-state index in [9.17, 15) is 14.4 Å². The molecule has 234 valence electrons. The van der Waals surface area contributed by atoms with Crippen molar-refractivity contribution in [3.05, 3.63) is 36.1 Å². The van der Waals surface area contributed by atoms with Crippen LogP contribution in [-0.4, -0.2) is 74.3 Å². The summed E-state index contributed by atoms with van der Waals surface area (Å²) in [7, 11) is 3.01. The molecule has 1 amide bonds. The van der Waals surface area contributed by atoms with Crippen molar-refractivity contribution in [3.8, 4) is 0 Å². The molecule has 1 N–H and O–H groups in total. The fraction of sp³-hybridized carbons (Fsp3) is 0.677. The quantitative estimate of drug-likeness (QED) is 0.215. The van der Waals surface area contributed by atoms with Gasteiger partial charge in [0, 0.05) is 39.0 Å². The molecule has 0 spiro atoms. The maximum atomic E-state index is 12.8. The summed E-state index contributed by atoms with van der Waals surface area (Å²) in [6, 6.07) is 0. The number of carbonyl (C=O) groups excluding carboxylic acids is 3. The van der Waals surface area contributed by atoms with E-state index in [1.807, 2.05) is 0 Å². The van der Waals surface area contributed by atoms with Gasteiger partial charge in [-0.05, 0) is 44.1 Å². The molecule has 3 rings (SSSR count). The second-order valence-corrected chi connectivity index (χ2v) is 11.1. The van der Waals surface area contributed by atoms with Crippen molar-refractivity contribution in [2.45, 2.75) is 109 Å². The number of allylic oxidation sites excluding steroid dienone is 1. The first kappa shape index (κ1) is 33.3. The minimum Gasteiger partial charge on any atom is -0.462 e. The molecule has 11 heteroatoms. The summed E-state index contributed by atoms with van der Waals surface area (Å²) in [5.41, 5.74) is 0.745. The van der Waals surface area contributed by atoms with Crippen LogP contribution in [0.15, 0.2) is 28.9 Å². The SMILES string of the molecule is CCC[C@H]1C[C@@H](OC)C[C@H](C)C[C@@H]2C[C@@H](OC(=O)/C=C/CCc3coc(/C=C/CNC(=O)OC)n3)C[C@H](CC(=O)O1)O2. The second-order valence-electron chi connectivity index (χ2n) is 11.1. The molecule has 2 bridgehead atoms. The van der Waals surface area contributed by atoms with Gasteiger partial charge in [-0.25, -0.2) is 14.6 Å². The third kappa shape index (κ3) is 12.0. The van der Waals surface area contributed by atoms with Crippen LogP contribution in [0.3, 0.4) is 0 Å². The van der Waals surface area contributed by atoms with E-state index in [-0.39, 0.29) is 42.9 Å². The summed E-state index contributed by atoms with van der Waals surface area (Å²) < 4.78 is 33.5. The molecule has 2 saturated heterocycles. The highest BCUT2D eigenvalue weighted by Crippen LogP contribution is 2.31. The molecule has 6 atom stereocenters. The number of alkyl carbamates (subject to hydrolysis) is 1. The van der Waals surface area contributed by atoms with E-state index >= 15 is 0 Å². The van der Waals surface area contributed by atoms with Crippen LogP contribution in [0.25, 0.3) is 6.08 Å². The molecular weight excluding hydrogens is 544 g/mol. The number of cyclic esters (lactones) is 1. The number of oxazole rings is 1. The number of methoxy groups -OCH3 is 2. The Morgan fingerprint density at radius 3 is 2.67 bits per heavy atom. The van der Waals surface area contributed by atoms with Gasteiger partial charge >= 0.3 is 18.0 Å². The van der Waals surface area contributed by atoms with Crippen LogP contribution in [0.2, 0.25) is 0 Å². The molecule has 0 saturated carbocycles. The smallest absolute Gasteiger partial charge is 0.407 e. The van der Waals surface area contributed by atoms with Gasteiger partial charge in [0.05, 0.1) is 37.5 Å². The molecule has 1 aromatic heterocycles. The van der Waals surface area contributed by atoms with Crippen molar-refractivity contribution in [1.29, 1.82) is 0 Å². The van der Waals surface area contributed by atoms with E-state index < -0.39 is 12.1 Å². The lowest BCUT2D eigenvalue weighted by Gasteiger charge is -2.37. The van der Waals surface area contributed by atoms with Crippen LogP contribution in [0.1, 0.15) is 83.2 Å². The molecule has 11 nitrogen and oxygen atoms in total. The Kier molecular flexibility index (Phi) is 14.0. The van der Waals surface area contributed by atoms with Crippen molar-refractivity contribution in [3.63, 3.8) is 0 Å².